The maximum absolute atomic E-state index is 12.5. The molecule has 0 bridgehead atoms. The number of fused-ring (bicyclic) bond motifs is 1. The van der Waals surface area contributed by atoms with Crippen LogP contribution in [0.4, 0.5) is 5.69 Å². The predicted molar refractivity (Wildman–Crippen MR) is 115 cm³/mol. The zero-order chi connectivity index (χ0) is 19.7. The minimum Gasteiger partial charge on any atom is -0.322 e. The molecule has 3 aromatic heterocycles. The molecule has 0 fully saturated rings. The first-order valence-electron chi connectivity index (χ1n) is 8.75. The van der Waals surface area contributed by atoms with Crippen LogP contribution in [-0.2, 0) is 11.8 Å². The third-order valence-corrected chi connectivity index (χ3v) is 6.56. The zero-order valence-electron chi connectivity index (χ0n) is 15.8. The second-order valence-corrected chi connectivity index (χ2v) is 8.38. The molecule has 142 valence electrons. The minimum absolute atomic E-state index is 0.0746. The van der Waals surface area contributed by atoms with Crippen LogP contribution in [0.15, 0.2) is 47.8 Å². The molecule has 0 radical (unpaired) electrons. The summed E-state index contributed by atoms with van der Waals surface area (Å²) >= 11 is 3.05. The van der Waals surface area contributed by atoms with E-state index in [2.05, 4.69) is 38.6 Å². The quantitative estimate of drug-likeness (QED) is 0.390. The van der Waals surface area contributed by atoms with Gasteiger partial charge in [0, 0.05) is 17.3 Å². The molecule has 0 aliphatic carbocycles. The molecule has 8 heteroatoms. The summed E-state index contributed by atoms with van der Waals surface area (Å²) in [4.78, 5) is 23.3. The normalized spacial score (nSPS) is 11.1. The number of hydrogen-bond donors (Lipinski definition) is 1. The number of carbonyl (C=O) groups is 1. The van der Waals surface area contributed by atoms with E-state index in [1.807, 2.05) is 39.1 Å². The van der Waals surface area contributed by atoms with E-state index in [9.17, 15) is 4.79 Å². The lowest BCUT2D eigenvalue weighted by Gasteiger charge is -2.06. The van der Waals surface area contributed by atoms with Gasteiger partial charge in [-0.25, -0.2) is 9.97 Å². The fraction of sp³-hybridized carbons (Fsp3) is 0.200. The van der Waals surface area contributed by atoms with Crippen LogP contribution in [0.1, 0.15) is 11.4 Å². The number of aromatic nitrogens is 4. The number of nitrogens with one attached hydrogen (secondary N) is 1. The van der Waals surface area contributed by atoms with Crippen molar-refractivity contribution >= 4 is 44.9 Å². The molecule has 0 atom stereocenters. The van der Waals surface area contributed by atoms with Gasteiger partial charge in [0.2, 0.25) is 5.91 Å². The molecule has 4 aromatic rings. The third-order valence-electron chi connectivity index (χ3n) is 4.46. The van der Waals surface area contributed by atoms with Crippen molar-refractivity contribution in [3.8, 4) is 10.4 Å². The van der Waals surface area contributed by atoms with E-state index in [0.717, 1.165) is 42.8 Å². The average Bonchev–Trinajstić information content (AvgIpc) is 3.24. The van der Waals surface area contributed by atoms with Gasteiger partial charge in [0.1, 0.15) is 16.2 Å². The maximum Gasteiger partial charge on any atom is 0.234 e. The van der Waals surface area contributed by atoms with Gasteiger partial charge in [-0.15, -0.1) is 11.3 Å². The topological polar surface area (TPSA) is 72.7 Å². The second kappa shape index (κ2) is 7.73. The number of aryl methyl sites for hydroxylation is 2. The van der Waals surface area contributed by atoms with Crippen LogP contribution < -0.4 is 5.32 Å². The number of thiophene rings is 1. The number of benzene rings is 1. The number of rotatable bonds is 5. The number of nitrogens with zero attached hydrogens (tertiary/aromatic N) is 4. The summed E-state index contributed by atoms with van der Waals surface area (Å²) in [5, 5.41) is 9.10. The Labute approximate surface area is 171 Å². The molecule has 0 spiro atoms. The molecule has 0 unspecified atom stereocenters. The maximum atomic E-state index is 12.5. The highest BCUT2D eigenvalue weighted by Gasteiger charge is 2.15. The van der Waals surface area contributed by atoms with E-state index in [0.29, 0.717) is 0 Å². The Morgan fingerprint density at radius 1 is 1.21 bits per heavy atom. The van der Waals surface area contributed by atoms with Crippen LogP contribution >= 0.6 is 23.1 Å². The Morgan fingerprint density at radius 2 is 2.00 bits per heavy atom. The fourth-order valence-electron chi connectivity index (χ4n) is 2.96. The number of anilines is 1. The first-order chi connectivity index (χ1) is 13.5. The Balaban J connectivity index is 1.52. The summed E-state index contributed by atoms with van der Waals surface area (Å²) in [6.07, 6.45) is 1.56. The van der Waals surface area contributed by atoms with Crippen molar-refractivity contribution in [1.29, 1.82) is 0 Å². The molecule has 3 heterocycles. The molecule has 4 rings (SSSR count). The van der Waals surface area contributed by atoms with Gasteiger partial charge in [0.15, 0.2) is 0 Å². The van der Waals surface area contributed by atoms with Crippen LogP contribution in [0.5, 0.6) is 0 Å². The molecule has 6 nitrogen and oxygen atoms in total. The van der Waals surface area contributed by atoms with Gasteiger partial charge in [-0.2, -0.15) is 5.10 Å². The van der Waals surface area contributed by atoms with Crippen molar-refractivity contribution < 1.29 is 4.79 Å². The van der Waals surface area contributed by atoms with Crippen molar-refractivity contribution in [3.63, 3.8) is 0 Å². The molecular weight excluding hydrogens is 390 g/mol. The van der Waals surface area contributed by atoms with Crippen LogP contribution in [-0.4, -0.2) is 31.4 Å². The number of thioether (sulfide) groups is 1. The van der Waals surface area contributed by atoms with Crippen molar-refractivity contribution in [2.24, 2.45) is 7.05 Å². The third kappa shape index (κ3) is 3.65. The monoisotopic (exact) mass is 409 g/mol. The zero-order valence-corrected chi connectivity index (χ0v) is 17.4. The summed E-state index contributed by atoms with van der Waals surface area (Å²) in [6.45, 7) is 3.83. The highest BCUT2D eigenvalue weighted by atomic mass is 32.2. The van der Waals surface area contributed by atoms with Crippen LogP contribution in [0.25, 0.3) is 20.7 Å². The van der Waals surface area contributed by atoms with Gasteiger partial charge >= 0.3 is 0 Å². The molecular formula is C20H19N5OS2. The fourth-order valence-corrected chi connectivity index (χ4v) is 4.80. The summed E-state index contributed by atoms with van der Waals surface area (Å²) in [6, 6.07) is 12.3. The Kier molecular flexibility index (Phi) is 5.15. The van der Waals surface area contributed by atoms with Crippen molar-refractivity contribution in [1.82, 2.24) is 19.7 Å². The molecule has 0 saturated heterocycles. The number of carbonyl (C=O) groups excluding carboxylic acids is 1. The summed E-state index contributed by atoms with van der Waals surface area (Å²) in [5.74, 6) is 0.200. The van der Waals surface area contributed by atoms with E-state index in [-0.39, 0.29) is 11.7 Å². The van der Waals surface area contributed by atoms with Gasteiger partial charge < -0.3 is 5.32 Å². The lowest BCUT2D eigenvalue weighted by Crippen LogP contribution is -2.15. The molecule has 0 saturated carbocycles. The van der Waals surface area contributed by atoms with E-state index in [1.54, 1.807) is 22.3 Å². The highest BCUT2D eigenvalue weighted by Crippen LogP contribution is 2.36. The first kappa shape index (κ1) is 18.6. The second-order valence-electron chi connectivity index (χ2n) is 6.38. The van der Waals surface area contributed by atoms with Gasteiger partial charge in [0.05, 0.1) is 22.8 Å². The Morgan fingerprint density at radius 3 is 2.71 bits per heavy atom. The number of amides is 1. The molecule has 28 heavy (non-hydrogen) atoms. The lowest BCUT2D eigenvalue weighted by atomic mass is 10.2. The lowest BCUT2D eigenvalue weighted by molar-refractivity contribution is -0.113. The standard InChI is InChI=1S/C20H19N5OS2/c1-12-18(13(2)25(3)24-12)23-17(26)10-27-19-15-9-16(14-7-5-4-6-8-14)28-20(15)22-11-21-19/h4-9,11H,10H2,1-3H3,(H,23,26). The molecule has 0 aliphatic heterocycles. The van der Waals surface area contributed by atoms with Gasteiger partial charge in [-0.1, -0.05) is 42.1 Å². The first-order valence-corrected chi connectivity index (χ1v) is 10.6. The van der Waals surface area contributed by atoms with E-state index in [1.165, 1.54) is 11.8 Å². The Hall–Kier alpha value is -2.71. The van der Waals surface area contributed by atoms with E-state index < -0.39 is 0 Å². The molecule has 1 N–H and O–H groups in total. The largest absolute Gasteiger partial charge is 0.322 e. The van der Waals surface area contributed by atoms with Crippen molar-refractivity contribution in [2.75, 3.05) is 11.1 Å². The van der Waals surface area contributed by atoms with Gasteiger partial charge in [0.25, 0.3) is 0 Å². The summed E-state index contributed by atoms with van der Waals surface area (Å²) < 4.78 is 1.77. The highest BCUT2D eigenvalue weighted by molar-refractivity contribution is 8.00. The Bertz CT molecular complexity index is 1150. The molecule has 1 amide bonds. The van der Waals surface area contributed by atoms with Crippen LogP contribution in [0.2, 0.25) is 0 Å². The average molecular weight is 410 g/mol. The van der Waals surface area contributed by atoms with Crippen molar-refractivity contribution in [3.05, 3.63) is 54.1 Å². The molecule has 1 aromatic carbocycles. The smallest absolute Gasteiger partial charge is 0.234 e. The minimum atomic E-state index is -0.0746. The number of hydrogen-bond acceptors (Lipinski definition) is 6. The molecule has 0 aliphatic rings. The summed E-state index contributed by atoms with van der Waals surface area (Å²) in [7, 11) is 1.87. The van der Waals surface area contributed by atoms with Crippen LogP contribution in [0.3, 0.4) is 0 Å². The summed E-state index contributed by atoms with van der Waals surface area (Å²) in [5.41, 5.74) is 3.68. The van der Waals surface area contributed by atoms with Crippen LogP contribution in [0, 0.1) is 13.8 Å². The van der Waals surface area contributed by atoms with Gasteiger partial charge in [-0.3, -0.25) is 9.48 Å². The van der Waals surface area contributed by atoms with Gasteiger partial charge in [-0.05, 0) is 25.5 Å². The van der Waals surface area contributed by atoms with Crippen molar-refractivity contribution in [2.45, 2.75) is 18.9 Å². The SMILES string of the molecule is Cc1nn(C)c(C)c1NC(=O)CSc1ncnc2sc(-c3ccccc3)cc12. The van der Waals surface area contributed by atoms with E-state index >= 15 is 0 Å². The van der Waals surface area contributed by atoms with E-state index in [4.69, 9.17) is 0 Å². The predicted octanol–water partition coefficient (Wildman–Crippen LogP) is 4.44.